The number of aryl methyl sites for hydroxylation is 1. The molecule has 0 fully saturated rings. The van der Waals surface area contributed by atoms with Crippen molar-refractivity contribution in [3.05, 3.63) is 41.5 Å². The average molecular weight is 250 g/mol. The van der Waals surface area contributed by atoms with Gasteiger partial charge in [-0.2, -0.15) is 0 Å². The van der Waals surface area contributed by atoms with E-state index in [0.29, 0.717) is 0 Å². The van der Waals surface area contributed by atoms with Gasteiger partial charge in [-0.1, -0.05) is 42.0 Å². The maximum absolute atomic E-state index is 11.3. The van der Waals surface area contributed by atoms with E-state index >= 15 is 0 Å². The normalized spacial score (nSPS) is 14.4. The first-order valence-electron chi connectivity index (χ1n) is 5.62. The molecule has 2 atom stereocenters. The fraction of sp³-hybridized carbons (Fsp3) is 0.357. The third-order valence-corrected chi connectivity index (χ3v) is 2.56. The third-order valence-electron chi connectivity index (χ3n) is 2.56. The lowest BCUT2D eigenvalue weighted by Crippen LogP contribution is -2.35. The van der Waals surface area contributed by atoms with Crippen LogP contribution in [0.2, 0.25) is 0 Å². The van der Waals surface area contributed by atoms with Crippen LogP contribution in [0.5, 0.6) is 0 Å². The molecule has 1 aromatic rings. The van der Waals surface area contributed by atoms with Crippen LogP contribution < -0.4 is 0 Å². The maximum atomic E-state index is 11.3. The van der Waals surface area contributed by atoms with Crippen molar-refractivity contribution in [2.75, 3.05) is 14.2 Å². The molecule has 1 aromatic carbocycles. The number of carbonyl (C=O) groups excluding carboxylic acids is 1. The highest BCUT2D eigenvalue weighted by molar-refractivity contribution is 5.76. The summed E-state index contributed by atoms with van der Waals surface area (Å²) >= 11 is 0. The van der Waals surface area contributed by atoms with Gasteiger partial charge < -0.3 is 14.6 Å². The lowest BCUT2D eigenvalue weighted by molar-refractivity contribution is -0.157. The third kappa shape index (κ3) is 3.98. The highest BCUT2D eigenvalue weighted by Crippen LogP contribution is 2.08. The zero-order chi connectivity index (χ0) is 13.5. The van der Waals surface area contributed by atoms with E-state index in [0.717, 1.165) is 11.1 Å². The maximum Gasteiger partial charge on any atom is 0.338 e. The molecule has 98 valence electrons. The number of esters is 1. The largest absolute Gasteiger partial charge is 0.467 e. The summed E-state index contributed by atoms with van der Waals surface area (Å²) in [5.41, 5.74) is 2.11. The molecule has 1 N–H and O–H groups in total. The van der Waals surface area contributed by atoms with Crippen LogP contribution in [-0.4, -0.2) is 37.5 Å². The Labute approximate surface area is 107 Å². The average Bonchev–Trinajstić information content (AvgIpc) is 2.38. The number of methoxy groups -OCH3 is 2. The Kier molecular flexibility index (Phi) is 5.55. The Morgan fingerprint density at radius 3 is 2.39 bits per heavy atom. The summed E-state index contributed by atoms with van der Waals surface area (Å²) in [5, 5.41) is 9.81. The number of aliphatic hydroxyl groups excluding tert-OH is 1. The molecular weight excluding hydrogens is 232 g/mol. The minimum absolute atomic E-state index is 0.599. The Morgan fingerprint density at radius 2 is 1.89 bits per heavy atom. The number of benzene rings is 1. The van der Waals surface area contributed by atoms with Gasteiger partial charge in [-0.25, -0.2) is 4.79 Å². The SMILES string of the molecule is COC(=O)[C@@H](OC)[C@H](O)/C=C/c1ccc(C)cc1. The van der Waals surface area contributed by atoms with Crippen LogP contribution in [0.25, 0.3) is 6.08 Å². The number of rotatable bonds is 5. The molecule has 18 heavy (non-hydrogen) atoms. The zero-order valence-electron chi connectivity index (χ0n) is 10.8. The van der Waals surface area contributed by atoms with Gasteiger partial charge >= 0.3 is 5.97 Å². The molecular formula is C14H18O4. The van der Waals surface area contributed by atoms with Crippen LogP contribution in [-0.2, 0) is 14.3 Å². The van der Waals surface area contributed by atoms with Gasteiger partial charge in [0, 0.05) is 7.11 Å². The lowest BCUT2D eigenvalue weighted by atomic mass is 10.1. The van der Waals surface area contributed by atoms with Gasteiger partial charge in [0.05, 0.1) is 7.11 Å². The van der Waals surface area contributed by atoms with E-state index in [9.17, 15) is 9.90 Å². The summed E-state index contributed by atoms with van der Waals surface area (Å²) in [6.45, 7) is 2.00. The second-order valence-electron chi connectivity index (χ2n) is 3.94. The molecule has 0 saturated carbocycles. The van der Waals surface area contributed by atoms with E-state index in [-0.39, 0.29) is 0 Å². The van der Waals surface area contributed by atoms with Gasteiger partial charge in [0.2, 0.25) is 0 Å². The second-order valence-corrected chi connectivity index (χ2v) is 3.94. The minimum atomic E-state index is -1.04. The van der Waals surface area contributed by atoms with E-state index in [1.807, 2.05) is 31.2 Å². The second kappa shape index (κ2) is 6.93. The lowest BCUT2D eigenvalue weighted by Gasteiger charge is -2.16. The van der Waals surface area contributed by atoms with Crippen LogP contribution in [0.1, 0.15) is 11.1 Å². The molecule has 4 heteroatoms. The molecule has 0 aromatic heterocycles. The topological polar surface area (TPSA) is 55.8 Å². The molecule has 0 heterocycles. The molecule has 0 aliphatic carbocycles. The van der Waals surface area contributed by atoms with E-state index in [1.165, 1.54) is 20.3 Å². The summed E-state index contributed by atoms with van der Waals surface area (Å²) in [6, 6.07) is 7.80. The fourth-order valence-corrected chi connectivity index (χ4v) is 1.48. The Morgan fingerprint density at radius 1 is 1.28 bits per heavy atom. The monoisotopic (exact) mass is 250 g/mol. The van der Waals surface area contributed by atoms with Crippen molar-refractivity contribution in [1.82, 2.24) is 0 Å². The number of carbonyl (C=O) groups is 1. The Bertz CT molecular complexity index is 408. The molecule has 0 unspecified atom stereocenters. The quantitative estimate of drug-likeness (QED) is 0.806. The fourth-order valence-electron chi connectivity index (χ4n) is 1.48. The van der Waals surface area contributed by atoms with Crippen LogP contribution in [0.3, 0.4) is 0 Å². The molecule has 0 aliphatic rings. The number of hydrogen-bond donors (Lipinski definition) is 1. The summed E-state index contributed by atoms with van der Waals surface area (Å²) < 4.78 is 9.43. The summed E-state index contributed by atoms with van der Waals surface area (Å²) in [7, 11) is 2.61. The van der Waals surface area contributed by atoms with Gasteiger partial charge in [0.25, 0.3) is 0 Å². The van der Waals surface area contributed by atoms with Crippen molar-refractivity contribution in [3.63, 3.8) is 0 Å². The van der Waals surface area contributed by atoms with Crippen LogP contribution >= 0.6 is 0 Å². The van der Waals surface area contributed by atoms with Crippen molar-refractivity contribution in [2.45, 2.75) is 19.1 Å². The van der Waals surface area contributed by atoms with Crippen LogP contribution in [0.15, 0.2) is 30.3 Å². The first-order chi connectivity index (χ1) is 8.58. The number of hydrogen-bond acceptors (Lipinski definition) is 4. The summed E-state index contributed by atoms with van der Waals surface area (Å²) in [4.78, 5) is 11.3. The summed E-state index contributed by atoms with van der Waals surface area (Å²) in [5.74, 6) is -0.599. The van der Waals surface area contributed by atoms with Crippen molar-refractivity contribution < 1.29 is 19.4 Å². The van der Waals surface area contributed by atoms with Crippen molar-refractivity contribution in [3.8, 4) is 0 Å². The van der Waals surface area contributed by atoms with Gasteiger partial charge in [-0.3, -0.25) is 0 Å². The van der Waals surface area contributed by atoms with Gasteiger partial charge in [0.1, 0.15) is 6.10 Å². The molecule has 4 nitrogen and oxygen atoms in total. The van der Waals surface area contributed by atoms with Crippen molar-refractivity contribution in [1.29, 1.82) is 0 Å². The molecule has 0 spiro atoms. The summed E-state index contributed by atoms with van der Waals surface area (Å²) in [6.07, 6.45) is 1.20. The van der Waals surface area contributed by atoms with Crippen LogP contribution in [0, 0.1) is 6.92 Å². The standard InChI is InChI=1S/C14H18O4/c1-10-4-6-11(7-5-10)8-9-12(15)13(17-2)14(16)18-3/h4-9,12-13,15H,1-3H3/b9-8+/t12-,13+/m1/s1. The zero-order valence-corrected chi connectivity index (χ0v) is 10.8. The van der Waals surface area contributed by atoms with E-state index in [2.05, 4.69) is 4.74 Å². The number of aliphatic hydroxyl groups is 1. The Hall–Kier alpha value is -1.65. The van der Waals surface area contributed by atoms with Gasteiger partial charge in [0.15, 0.2) is 6.10 Å². The predicted octanol–water partition coefficient (Wildman–Crippen LogP) is 1.56. The molecule has 0 radical (unpaired) electrons. The predicted molar refractivity (Wildman–Crippen MR) is 69.0 cm³/mol. The molecule has 0 amide bonds. The minimum Gasteiger partial charge on any atom is -0.467 e. The van der Waals surface area contributed by atoms with E-state index < -0.39 is 18.2 Å². The molecule has 0 saturated heterocycles. The van der Waals surface area contributed by atoms with Gasteiger partial charge in [-0.05, 0) is 12.5 Å². The Balaban J connectivity index is 2.70. The van der Waals surface area contributed by atoms with Crippen molar-refractivity contribution >= 4 is 12.0 Å². The van der Waals surface area contributed by atoms with E-state index in [4.69, 9.17) is 4.74 Å². The van der Waals surface area contributed by atoms with E-state index in [1.54, 1.807) is 6.08 Å². The first-order valence-corrected chi connectivity index (χ1v) is 5.62. The molecule has 0 bridgehead atoms. The highest BCUT2D eigenvalue weighted by atomic mass is 16.6. The first kappa shape index (κ1) is 14.4. The van der Waals surface area contributed by atoms with Crippen LogP contribution in [0.4, 0.5) is 0 Å². The van der Waals surface area contributed by atoms with Crippen molar-refractivity contribution in [2.24, 2.45) is 0 Å². The number of ether oxygens (including phenoxy) is 2. The highest BCUT2D eigenvalue weighted by Gasteiger charge is 2.25. The molecule has 0 aliphatic heterocycles. The molecule has 1 rings (SSSR count). The smallest absolute Gasteiger partial charge is 0.338 e. The van der Waals surface area contributed by atoms with Gasteiger partial charge in [-0.15, -0.1) is 0 Å².